The molecule has 2 aliphatic heterocycles. The highest BCUT2D eigenvalue weighted by molar-refractivity contribution is 8.07. The van der Waals surface area contributed by atoms with E-state index in [9.17, 15) is 0 Å². The third-order valence-electron chi connectivity index (χ3n) is 5.75. The van der Waals surface area contributed by atoms with Crippen molar-refractivity contribution in [2.75, 3.05) is 0 Å². The molecule has 0 N–H and O–H groups in total. The molecule has 132 valence electrons. The van der Waals surface area contributed by atoms with Gasteiger partial charge in [0.25, 0.3) is 0 Å². The van der Waals surface area contributed by atoms with Gasteiger partial charge in [-0.3, -0.25) is 0 Å². The highest BCUT2D eigenvalue weighted by Crippen LogP contribution is 2.60. The maximum atomic E-state index is 2.62. The molecule has 0 aromatic heterocycles. The van der Waals surface area contributed by atoms with Gasteiger partial charge in [-0.25, -0.2) is 0 Å². The van der Waals surface area contributed by atoms with Crippen molar-refractivity contribution in [2.24, 2.45) is 23.7 Å². The summed E-state index contributed by atoms with van der Waals surface area (Å²) in [4.78, 5) is 6.46. The number of thioether (sulfide) groups is 2. The van der Waals surface area contributed by atoms with Crippen molar-refractivity contribution in [3.8, 4) is 0 Å². The molecular formula is C22H28S2Si. The summed E-state index contributed by atoms with van der Waals surface area (Å²) in [5, 5.41) is 3.59. The third kappa shape index (κ3) is 2.65. The van der Waals surface area contributed by atoms with Crippen LogP contribution in [0.15, 0.2) is 66.5 Å². The van der Waals surface area contributed by atoms with Crippen LogP contribution in [0.5, 0.6) is 0 Å². The fourth-order valence-corrected chi connectivity index (χ4v) is 13.3. The molecule has 0 saturated heterocycles. The van der Waals surface area contributed by atoms with Crippen molar-refractivity contribution < 1.29 is 0 Å². The number of hydrogen-bond acceptors (Lipinski definition) is 2. The molecule has 0 nitrogen and oxygen atoms in total. The van der Waals surface area contributed by atoms with Crippen LogP contribution in [0.4, 0.5) is 0 Å². The third-order valence-corrected chi connectivity index (χ3v) is 13.0. The van der Waals surface area contributed by atoms with Crippen molar-refractivity contribution in [3.05, 3.63) is 66.5 Å². The van der Waals surface area contributed by atoms with E-state index < -0.39 is 8.07 Å². The van der Waals surface area contributed by atoms with E-state index in [1.54, 1.807) is 30.0 Å². The summed E-state index contributed by atoms with van der Waals surface area (Å²) in [6.45, 7) is 14.7. The van der Waals surface area contributed by atoms with Crippen LogP contribution < -0.4 is 0 Å². The van der Waals surface area contributed by atoms with E-state index in [0.717, 1.165) is 0 Å². The SMILES string of the molecule is CC(C)C1=C([Si](C)(C)C2=C(C(C)C)SC3=CC=CC32)C2C=CC=C2S1. The minimum atomic E-state index is -1.73. The van der Waals surface area contributed by atoms with Crippen LogP contribution in [0.2, 0.25) is 13.1 Å². The largest absolute Gasteiger partial charge is 0.107 e. The predicted octanol–water partition coefficient (Wildman–Crippen LogP) is 7.23. The smallest absolute Gasteiger partial charge is 0.0982 e. The Balaban J connectivity index is 1.88. The first-order valence-electron chi connectivity index (χ1n) is 9.44. The average molecular weight is 385 g/mol. The molecule has 0 saturated carbocycles. The molecule has 3 heteroatoms. The van der Waals surface area contributed by atoms with Gasteiger partial charge >= 0.3 is 0 Å². The van der Waals surface area contributed by atoms with Crippen LogP contribution in [0, 0.1) is 23.7 Å². The first-order valence-corrected chi connectivity index (χ1v) is 14.1. The van der Waals surface area contributed by atoms with E-state index in [1.807, 2.05) is 0 Å². The number of hydrogen-bond donors (Lipinski definition) is 0. The van der Waals surface area contributed by atoms with Crippen molar-refractivity contribution in [3.63, 3.8) is 0 Å². The molecule has 0 radical (unpaired) electrons. The van der Waals surface area contributed by atoms with Crippen LogP contribution in [0.25, 0.3) is 0 Å². The quantitative estimate of drug-likeness (QED) is 0.469. The van der Waals surface area contributed by atoms with Crippen LogP contribution in [-0.2, 0) is 0 Å². The van der Waals surface area contributed by atoms with Crippen LogP contribution >= 0.6 is 23.5 Å². The topological polar surface area (TPSA) is 0 Å². The molecule has 0 bridgehead atoms. The van der Waals surface area contributed by atoms with Crippen molar-refractivity contribution in [1.29, 1.82) is 0 Å². The molecule has 0 spiro atoms. The van der Waals surface area contributed by atoms with Gasteiger partial charge in [0.15, 0.2) is 0 Å². The van der Waals surface area contributed by atoms with Gasteiger partial charge in [-0.2, -0.15) is 0 Å². The van der Waals surface area contributed by atoms with E-state index in [1.165, 1.54) is 0 Å². The van der Waals surface area contributed by atoms with E-state index >= 15 is 0 Å². The lowest BCUT2D eigenvalue weighted by Crippen LogP contribution is -2.38. The highest BCUT2D eigenvalue weighted by Gasteiger charge is 2.48. The van der Waals surface area contributed by atoms with E-state index in [-0.39, 0.29) is 0 Å². The fourth-order valence-electron chi connectivity index (χ4n) is 4.66. The molecule has 4 rings (SSSR count). The summed E-state index contributed by atoms with van der Waals surface area (Å²) in [6.07, 6.45) is 14.1. The van der Waals surface area contributed by atoms with Crippen molar-refractivity contribution in [2.45, 2.75) is 40.8 Å². The van der Waals surface area contributed by atoms with Crippen LogP contribution in [0.3, 0.4) is 0 Å². The normalized spacial score (nSPS) is 27.8. The molecule has 4 aliphatic rings. The average Bonchev–Trinajstić information content (AvgIpc) is 3.24. The van der Waals surface area contributed by atoms with Crippen LogP contribution in [0.1, 0.15) is 27.7 Å². The van der Waals surface area contributed by atoms with Gasteiger partial charge in [0, 0.05) is 21.6 Å². The highest BCUT2D eigenvalue weighted by atomic mass is 32.2. The van der Waals surface area contributed by atoms with E-state index in [2.05, 4.69) is 101 Å². The standard InChI is InChI=1S/C22H28S2Si/c1-13(2)19-21(15-9-7-11-17(15)23-19)25(5,6)22-16-10-8-12-18(16)24-20(22)14(3)4/h7-16H,1-6H3. The van der Waals surface area contributed by atoms with Gasteiger partial charge in [-0.15, -0.1) is 0 Å². The Bertz CT molecular complexity index is 734. The molecular weight excluding hydrogens is 356 g/mol. The Morgan fingerprint density at radius 2 is 1.16 bits per heavy atom. The second kappa shape index (κ2) is 6.21. The Morgan fingerprint density at radius 1 is 0.760 bits per heavy atom. The zero-order valence-electron chi connectivity index (χ0n) is 16.1. The lowest BCUT2D eigenvalue weighted by molar-refractivity contribution is 0.798. The number of fused-ring (bicyclic) bond motifs is 2. The van der Waals surface area contributed by atoms with E-state index in [4.69, 9.17) is 0 Å². The fraction of sp³-hybridized carbons (Fsp3) is 0.455. The Hall–Kier alpha value is -0.643. The summed E-state index contributed by atoms with van der Waals surface area (Å²) in [5.41, 5.74) is 0. The van der Waals surface area contributed by atoms with E-state index in [0.29, 0.717) is 23.7 Å². The maximum Gasteiger partial charge on any atom is 0.107 e. The van der Waals surface area contributed by atoms with Gasteiger partial charge in [0.05, 0.1) is 0 Å². The summed E-state index contributed by atoms with van der Waals surface area (Å²) in [6, 6.07) is 0. The number of rotatable bonds is 4. The Kier molecular flexibility index (Phi) is 4.41. The second-order valence-corrected chi connectivity index (χ2v) is 15.1. The van der Waals surface area contributed by atoms with Gasteiger partial charge < -0.3 is 0 Å². The Morgan fingerprint density at radius 3 is 1.52 bits per heavy atom. The van der Waals surface area contributed by atoms with Crippen molar-refractivity contribution in [1.82, 2.24) is 0 Å². The predicted molar refractivity (Wildman–Crippen MR) is 118 cm³/mol. The van der Waals surface area contributed by atoms with Crippen molar-refractivity contribution >= 4 is 31.6 Å². The molecule has 0 aromatic rings. The zero-order valence-corrected chi connectivity index (χ0v) is 18.7. The molecule has 0 fully saturated rings. The lowest BCUT2D eigenvalue weighted by atomic mass is 10.1. The molecule has 2 atom stereocenters. The summed E-state index contributed by atoms with van der Waals surface area (Å²) >= 11 is 4.14. The molecule has 0 aromatic carbocycles. The lowest BCUT2D eigenvalue weighted by Gasteiger charge is -2.34. The van der Waals surface area contributed by atoms with Gasteiger partial charge in [0.1, 0.15) is 8.07 Å². The van der Waals surface area contributed by atoms with Gasteiger partial charge in [-0.1, -0.05) is 111 Å². The monoisotopic (exact) mass is 384 g/mol. The van der Waals surface area contributed by atoms with Gasteiger partial charge in [0.2, 0.25) is 0 Å². The summed E-state index contributed by atoms with van der Waals surface area (Å²) in [5.74, 6) is 2.37. The zero-order chi connectivity index (χ0) is 17.9. The molecule has 2 unspecified atom stereocenters. The minimum absolute atomic E-state index is 0.563. The minimum Gasteiger partial charge on any atom is -0.0982 e. The Labute approximate surface area is 162 Å². The summed E-state index contributed by atoms with van der Waals surface area (Å²) in [7, 11) is -1.73. The first kappa shape index (κ1) is 17.8. The number of allylic oxidation sites excluding steroid dienone is 12. The van der Waals surface area contributed by atoms with Gasteiger partial charge in [-0.05, 0) is 21.6 Å². The summed E-state index contributed by atoms with van der Waals surface area (Å²) < 4.78 is 0. The first-order chi connectivity index (χ1) is 11.8. The molecule has 25 heavy (non-hydrogen) atoms. The molecule has 2 heterocycles. The van der Waals surface area contributed by atoms with Crippen LogP contribution in [-0.4, -0.2) is 8.07 Å². The second-order valence-electron chi connectivity index (χ2n) is 8.56. The molecule has 2 aliphatic carbocycles. The maximum absolute atomic E-state index is 2.62. The molecule has 0 amide bonds.